The first kappa shape index (κ1) is 3.43. The molecule has 1 heterocycles. The molecular weight excluding hydrogens is 92.1 g/mol. The van der Waals surface area contributed by atoms with Gasteiger partial charge in [-0.1, -0.05) is 0 Å². The van der Waals surface area contributed by atoms with Crippen molar-refractivity contribution in [2.24, 2.45) is 5.73 Å². The Morgan fingerprint density at radius 1 is 2.14 bits per heavy atom. The first-order valence-corrected chi connectivity index (χ1v) is 2.25. The molecule has 1 fully saturated rings. The molecule has 0 aromatic rings. The summed E-state index contributed by atoms with van der Waals surface area (Å²) in [6.45, 7) is 0.388. The third kappa shape index (κ3) is 0.899. The molecule has 1 aliphatic heterocycles. The molecule has 0 radical (unpaired) electrons. The van der Waals surface area contributed by atoms with Gasteiger partial charge in [0.2, 0.25) is 5.91 Å². The minimum Gasteiger partial charge on any atom is -0.354 e. The molecule has 0 aliphatic carbocycles. The van der Waals surface area contributed by atoms with E-state index in [-0.39, 0.29) is 11.9 Å². The van der Waals surface area contributed by atoms with Crippen molar-refractivity contribution in [1.29, 1.82) is 0 Å². The van der Waals surface area contributed by atoms with E-state index in [1.807, 2.05) is 0 Å². The van der Waals surface area contributed by atoms with Crippen LogP contribution in [0.4, 0.5) is 0 Å². The van der Waals surface area contributed by atoms with Crippen molar-refractivity contribution in [3.63, 3.8) is 0 Å². The largest absolute Gasteiger partial charge is 0.354 e. The lowest BCUT2D eigenvalue weighted by molar-refractivity contribution is -0.119. The van der Waals surface area contributed by atoms with Gasteiger partial charge in [-0.05, 0) is 0 Å². The van der Waals surface area contributed by atoms with E-state index in [4.69, 9.17) is 7.15 Å². The zero-order valence-corrected chi connectivity index (χ0v) is 3.92. The van der Waals surface area contributed by atoms with E-state index in [0.29, 0.717) is 13.0 Å². The molecule has 3 heteroatoms. The molecule has 1 atom stereocenters. The summed E-state index contributed by atoms with van der Waals surface area (Å²) in [6, 6.07) is -0.111. The second-order valence-corrected chi connectivity index (χ2v) is 1.70. The predicted octanol–water partition coefficient (Wildman–Crippen LogP) is -1.17. The number of nitrogens with two attached hydrogens (primary N) is 1. The van der Waals surface area contributed by atoms with Crippen LogP contribution in [0.3, 0.4) is 0 Å². The van der Waals surface area contributed by atoms with Crippen molar-refractivity contribution in [2.45, 2.75) is 12.5 Å². The van der Waals surface area contributed by atoms with Crippen molar-refractivity contribution in [3.8, 4) is 0 Å². The van der Waals surface area contributed by atoms with E-state index < -0.39 is 0 Å². The maximum absolute atomic E-state index is 10.4. The molecule has 0 bridgehead atoms. The van der Waals surface area contributed by atoms with Crippen LogP contribution in [0.5, 0.6) is 0 Å². The zero-order valence-electron chi connectivity index (χ0n) is 4.92. The molecule has 1 unspecified atom stereocenters. The lowest BCUT2D eigenvalue weighted by Crippen LogP contribution is -2.22. The Labute approximate surface area is 43.3 Å². The van der Waals surface area contributed by atoms with Gasteiger partial charge in [0.1, 0.15) is 0 Å². The van der Waals surface area contributed by atoms with Gasteiger partial charge in [-0.15, -0.1) is 0 Å². The van der Waals surface area contributed by atoms with E-state index >= 15 is 0 Å². The molecule has 3 N–H and O–H groups in total. The van der Waals surface area contributed by atoms with Crippen LogP contribution in [-0.4, -0.2) is 18.5 Å². The topological polar surface area (TPSA) is 55.1 Å². The summed E-state index contributed by atoms with van der Waals surface area (Å²) in [7, 11) is 0. The minimum absolute atomic E-state index is 0.111. The first-order chi connectivity index (χ1) is 3.70. The summed E-state index contributed by atoms with van der Waals surface area (Å²) in [5.74, 6) is -0.169. The minimum atomic E-state index is -0.169. The van der Waals surface area contributed by atoms with Gasteiger partial charge in [-0.3, -0.25) is 4.79 Å². The Bertz CT molecular complexity index is 117. The van der Waals surface area contributed by atoms with Crippen LogP contribution in [0, 0.1) is 0 Å². The van der Waals surface area contributed by atoms with Crippen LogP contribution in [0.25, 0.3) is 0 Å². The Balaban J connectivity index is 2.51. The molecule has 1 rings (SSSR count). The fourth-order valence-electron chi connectivity index (χ4n) is 0.572. The number of amides is 1. The summed E-state index contributed by atoms with van der Waals surface area (Å²) in [4.78, 5) is 10.4. The molecule has 1 aliphatic rings. The van der Waals surface area contributed by atoms with Crippen LogP contribution in [0.15, 0.2) is 0 Å². The number of hydrogen-bond donors (Lipinski definition) is 2. The van der Waals surface area contributed by atoms with Gasteiger partial charge < -0.3 is 11.0 Å². The van der Waals surface area contributed by atoms with Crippen LogP contribution in [0.1, 0.15) is 6.42 Å². The summed E-state index contributed by atoms with van der Waals surface area (Å²) < 4.78 is 6.87. The molecule has 0 spiro atoms. The lowest BCUT2D eigenvalue weighted by atomic mass is 10.3. The Hall–Kier alpha value is -0.570. The number of carbonyl (C=O) groups is 1. The highest BCUT2D eigenvalue weighted by molar-refractivity contribution is 5.78. The van der Waals surface area contributed by atoms with Gasteiger partial charge in [-0.25, -0.2) is 0 Å². The fourth-order valence-corrected chi connectivity index (χ4v) is 0.572. The summed E-state index contributed by atoms with van der Waals surface area (Å²) in [6.07, 6.45) is 0.337. The molecule has 1 amide bonds. The van der Waals surface area contributed by atoms with Crippen molar-refractivity contribution < 1.29 is 6.21 Å². The summed E-state index contributed by atoms with van der Waals surface area (Å²) >= 11 is 0. The molecule has 3 nitrogen and oxygen atoms in total. The van der Waals surface area contributed by atoms with Crippen molar-refractivity contribution >= 4 is 5.91 Å². The monoisotopic (exact) mass is 101 g/mol. The van der Waals surface area contributed by atoms with E-state index in [1.165, 1.54) is 0 Å². The van der Waals surface area contributed by atoms with Gasteiger partial charge in [0.15, 0.2) is 1.41 Å². The number of hydrogen-bond acceptors (Lipinski definition) is 2. The van der Waals surface area contributed by atoms with E-state index in [9.17, 15) is 4.79 Å². The van der Waals surface area contributed by atoms with Gasteiger partial charge in [0, 0.05) is 19.0 Å². The zero-order chi connectivity index (χ0) is 6.15. The van der Waals surface area contributed by atoms with E-state index in [2.05, 4.69) is 0 Å². The lowest BCUT2D eigenvalue weighted by Gasteiger charge is -1.90. The van der Waals surface area contributed by atoms with Crippen LogP contribution >= 0.6 is 0 Å². The summed E-state index contributed by atoms with van der Waals surface area (Å²) in [5, 5.41) is 0.907. The SMILES string of the molecule is [2H]N1CC(N)CC1=O. The highest BCUT2D eigenvalue weighted by Crippen LogP contribution is 1.92. The third-order valence-corrected chi connectivity index (χ3v) is 0.939. The normalized spacial score (nSPS) is 33.9. The quantitative estimate of drug-likeness (QED) is 0.404. The van der Waals surface area contributed by atoms with Crippen LogP contribution < -0.4 is 11.0 Å². The average Bonchev–Trinajstić information content (AvgIpc) is 1.85. The molecule has 7 heavy (non-hydrogen) atoms. The van der Waals surface area contributed by atoms with Crippen LogP contribution in [0.2, 0.25) is 1.41 Å². The molecule has 40 valence electrons. The second-order valence-electron chi connectivity index (χ2n) is 1.70. The number of rotatable bonds is 0. The number of carbonyl (C=O) groups excluding carboxylic acids is 1. The van der Waals surface area contributed by atoms with Gasteiger partial charge in [0.05, 0.1) is 0 Å². The standard InChI is InChI=1S/C4H8N2O/c5-3-1-4(7)6-2-3/h3H,1-2,5H2,(H,6,7)/i/hD. The average molecular weight is 101 g/mol. The maximum atomic E-state index is 10.4. The maximum Gasteiger partial charge on any atom is 0.221 e. The van der Waals surface area contributed by atoms with Gasteiger partial charge in [-0.2, -0.15) is 0 Å². The second kappa shape index (κ2) is 1.50. The van der Waals surface area contributed by atoms with Crippen molar-refractivity contribution in [1.82, 2.24) is 5.31 Å². The molecule has 1 saturated heterocycles. The highest BCUT2D eigenvalue weighted by atomic mass is 16.1. The fraction of sp³-hybridized carbons (Fsp3) is 0.750. The highest BCUT2D eigenvalue weighted by Gasteiger charge is 2.15. The molecule has 0 aromatic heterocycles. The Kier molecular flexibility index (Phi) is 0.736. The smallest absolute Gasteiger partial charge is 0.221 e. The number of nitrogens with one attached hydrogen (secondary N) is 1. The third-order valence-electron chi connectivity index (χ3n) is 0.939. The predicted molar refractivity (Wildman–Crippen MR) is 25.6 cm³/mol. The Morgan fingerprint density at radius 2 is 2.86 bits per heavy atom. The van der Waals surface area contributed by atoms with Gasteiger partial charge >= 0.3 is 0 Å². The van der Waals surface area contributed by atoms with Crippen molar-refractivity contribution in [2.75, 3.05) is 6.54 Å². The Morgan fingerprint density at radius 3 is 3.00 bits per heavy atom. The van der Waals surface area contributed by atoms with Crippen molar-refractivity contribution in [3.05, 3.63) is 0 Å². The van der Waals surface area contributed by atoms with Gasteiger partial charge in [0.25, 0.3) is 0 Å². The van der Waals surface area contributed by atoms with E-state index in [1.54, 1.807) is 0 Å². The van der Waals surface area contributed by atoms with E-state index in [0.717, 1.165) is 5.31 Å². The molecule has 0 aromatic carbocycles. The molecule has 0 saturated carbocycles. The van der Waals surface area contributed by atoms with Crippen LogP contribution in [-0.2, 0) is 4.79 Å². The first-order valence-electron chi connectivity index (χ1n) is 2.69. The molecular formula is C4H8N2O. The summed E-state index contributed by atoms with van der Waals surface area (Å²) in [5.41, 5.74) is 5.33.